The van der Waals surface area contributed by atoms with E-state index < -0.39 is 0 Å². The topological polar surface area (TPSA) is 106 Å². The zero-order valence-electron chi connectivity index (χ0n) is 14.9. The van der Waals surface area contributed by atoms with Crippen LogP contribution in [0.5, 0.6) is 0 Å². The molecule has 0 radical (unpaired) electrons. The maximum absolute atomic E-state index is 11.6. The molecule has 140 valence electrons. The van der Waals surface area contributed by atoms with E-state index in [-0.39, 0.29) is 25.0 Å². The summed E-state index contributed by atoms with van der Waals surface area (Å²) in [4.78, 5) is 41.9. The number of anilines is 1. The van der Waals surface area contributed by atoms with Gasteiger partial charge in [0.15, 0.2) is 5.96 Å². The lowest BCUT2D eigenvalue weighted by Gasteiger charge is -2.36. The lowest BCUT2D eigenvalue weighted by atomic mass is 10.3. The molecule has 0 spiro atoms. The Morgan fingerprint density at radius 3 is 2.58 bits per heavy atom. The molecule has 2 fully saturated rings. The predicted molar refractivity (Wildman–Crippen MR) is 96.9 cm³/mol. The first-order valence-corrected chi connectivity index (χ1v) is 8.82. The maximum atomic E-state index is 11.6. The van der Waals surface area contributed by atoms with E-state index in [2.05, 4.69) is 35.4 Å². The Labute approximate surface area is 152 Å². The number of nitrogens with one attached hydrogen (secondary N) is 2. The molecule has 10 heteroatoms. The number of aromatic nitrogens is 2. The largest absolute Gasteiger partial charge is 0.357 e. The van der Waals surface area contributed by atoms with Crippen LogP contribution in [0, 0.1) is 0 Å². The average Bonchev–Trinajstić information content (AvgIpc) is 3.00. The van der Waals surface area contributed by atoms with Crippen molar-refractivity contribution in [1.29, 1.82) is 0 Å². The Hall–Kier alpha value is -2.91. The van der Waals surface area contributed by atoms with Crippen LogP contribution in [0.2, 0.25) is 0 Å². The Bertz CT molecular complexity index is 641. The highest BCUT2D eigenvalue weighted by Crippen LogP contribution is 2.10. The second kappa shape index (κ2) is 8.45. The lowest BCUT2D eigenvalue weighted by Crippen LogP contribution is -2.53. The van der Waals surface area contributed by atoms with Crippen molar-refractivity contribution in [1.82, 2.24) is 30.4 Å². The number of imide groups is 1. The molecule has 2 N–H and O–H groups in total. The molecule has 2 saturated heterocycles. The number of piperazine rings is 1. The summed E-state index contributed by atoms with van der Waals surface area (Å²) in [5, 5.41) is 5.79. The summed E-state index contributed by atoms with van der Waals surface area (Å²) in [5.74, 6) is 1.34. The third kappa shape index (κ3) is 4.19. The van der Waals surface area contributed by atoms with Gasteiger partial charge in [-0.1, -0.05) is 0 Å². The van der Waals surface area contributed by atoms with E-state index in [0.29, 0.717) is 6.54 Å². The molecule has 2 aliphatic rings. The first-order valence-electron chi connectivity index (χ1n) is 8.82. The molecule has 3 heterocycles. The summed E-state index contributed by atoms with van der Waals surface area (Å²) in [6, 6.07) is 1.47. The fourth-order valence-corrected chi connectivity index (χ4v) is 2.94. The minimum atomic E-state index is -0.341. The molecular formula is C16H24N8O2. The number of carbonyl (C=O) groups excluding carboxylic acids is 2. The van der Waals surface area contributed by atoms with Crippen LogP contribution in [0.3, 0.4) is 0 Å². The van der Waals surface area contributed by atoms with Gasteiger partial charge < -0.3 is 20.4 Å². The van der Waals surface area contributed by atoms with Gasteiger partial charge in [-0.2, -0.15) is 0 Å². The minimum Gasteiger partial charge on any atom is -0.357 e. The number of hydrogen-bond acceptors (Lipinski definition) is 6. The third-order valence-electron chi connectivity index (χ3n) is 4.27. The van der Waals surface area contributed by atoms with Crippen LogP contribution in [0.4, 0.5) is 10.7 Å². The van der Waals surface area contributed by atoms with Crippen LogP contribution in [0.15, 0.2) is 23.5 Å². The molecule has 2 aliphatic heterocycles. The highest BCUT2D eigenvalue weighted by atomic mass is 16.2. The first kappa shape index (κ1) is 17.9. The fraction of sp³-hybridized carbons (Fsp3) is 0.562. The van der Waals surface area contributed by atoms with Gasteiger partial charge in [-0.25, -0.2) is 14.8 Å². The predicted octanol–water partition coefficient (Wildman–Crippen LogP) is -0.884. The van der Waals surface area contributed by atoms with Crippen molar-refractivity contribution in [3.63, 3.8) is 0 Å². The SMILES string of the molecule is CCNC(=NCCN1C(=O)CNC1=O)N1CCN(c2ncccn2)CC1. The van der Waals surface area contributed by atoms with Gasteiger partial charge in [-0.15, -0.1) is 0 Å². The van der Waals surface area contributed by atoms with E-state index in [0.717, 1.165) is 44.6 Å². The van der Waals surface area contributed by atoms with E-state index in [4.69, 9.17) is 0 Å². The molecule has 3 amide bonds. The number of hydrogen-bond donors (Lipinski definition) is 2. The van der Waals surface area contributed by atoms with Crippen LogP contribution in [-0.4, -0.2) is 90.0 Å². The summed E-state index contributed by atoms with van der Waals surface area (Å²) in [6.07, 6.45) is 3.49. The van der Waals surface area contributed by atoms with Crippen LogP contribution in [0.25, 0.3) is 0 Å². The van der Waals surface area contributed by atoms with E-state index in [1.165, 1.54) is 4.90 Å². The summed E-state index contributed by atoms with van der Waals surface area (Å²) in [6.45, 7) is 6.72. The van der Waals surface area contributed by atoms with E-state index in [1.54, 1.807) is 18.5 Å². The second-order valence-corrected chi connectivity index (χ2v) is 5.96. The molecule has 3 rings (SSSR count). The lowest BCUT2D eigenvalue weighted by molar-refractivity contribution is -0.124. The van der Waals surface area contributed by atoms with Gasteiger partial charge in [0.2, 0.25) is 11.9 Å². The third-order valence-corrected chi connectivity index (χ3v) is 4.27. The van der Waals surface area contributed by atoms with Gasteiger partial charge in [0.25, 0.3) is 0 Å². The van der Waals surface area contributed by atoms with Crippen LogP contribution in [-0.2, 0) is 4.79 Å². The Balaban J connectivity index is 1.54. The van der Waals surface area contributed by atoms with Crippen molar-refractivity contribution in [3.05, 3.63) is 18.5 Å². The number of guanidine groups is 1. The van der Waals surface area contributed by atoms with Gasteiger partial charge in [-0.3, -0.25) is 14.7 Å². The molecule has 0 atom stereocenters. The quantitative estimate of drug-likeness (QED) is 0.399. The molecule has 10 nitrogen and oxygen atoms in total. The second-order valence-electron chi connectivity index (χ2n) is 5.96. The van der Waals surface area contributed by atoms with Crippen molar-refractivity contribution in [2.24, 2.45) is 4.99 Å². The fourth-order valence-electron chi connectivity index (χ4n) is 2.94. The van der Waals surface area contributed by atoms with Crippen LogP contribution in [0.1, 0.15) is 6.92 Å². The van der Waals surface area contributed by atoms with Gasteiger partial charge in [-0.05, 0) is 13.0 Å². The smallest absolute Gasteiger partial charge is 0.324 e. The molecule has 0 unspecified atom stereocenters. The number of nitrogens with zero attached hydrogens (tertiary/aromatic N) is 6. The molecule has 0 bridgehead atoms. The number of aliphatic imine (C=N–C) groups is 1. The summed E-state index contributed by atoms with van der Waals surface area (Å²) < 4.78 is 0. The normalized spacial score (nSPS) is 18.3. The number of rotatable bonds is 5. The molecule has 0 aliphatic carbocycles. The molecule has 0 aromatic carbocycles. The highest BCUT2D eigenvalue weighted by molar-refractivity contribution is 6.01. The zero-order chi connectivity index (χ0) is 18.4. The molecule has 1 aromatic rings. The van der Waals surface area contributed by atoms with Crippen molar-refractivity contribution < 1.29 is 9.59 Å². The van der Waals surface area contributed by atoms with Gasteiger partial charge in [0, 0.05) is 45.1 Å². The molecule has 26 heavy (non-hydrogen) atoms. The molecule has 0 saturated carbocycles. The van der Waals surface area contributed by atoms with E-state index in [9.17, 15) is 9.59 Å². The molecule has 1 aromatic heterocycles. The molecular weight excluding hydrogens is 336 g/mol. The van der Waals surface area contributed by atoms with E-state index in [1.807, 2.05) is 6.92 Å². The zero-order valence-corrected chi connectivity index (χ0v) is 14.9. The first-order chi connectivity index (χ1) is 12.7. The minimum absolute atomic E-state index is 0.0755. The van der Waals surface area contributed by atoms with Crippen molar-refractivity contribution in [2.75, 3.05) is 57.3 Å². The van der Waals surface area contributed by atoms with Gasteiger partial charge >= 0.3 is 6.03 Å². The summed E-state index contributed by atoms with van der Waals surface area (Å²) >= 11 is 0. The summed E-state index contributed by atoms with van der Waals surface area (Å²) in [7, 11) is 0. The average molecular weight is 360 g/mol. The van der Waals surface area contributed by atoms with Crippen LogP contribution < -0.4 is 15.5 Å². The Morgan fingerprint density at radius 1 is 1.23 bits per heavy atom. The van der Waals surface area contributed by atoms with E-state index >= 15 is 0 Å². The monoisotopic (exact) mass is 360 g/mol. The standard InChI is InChI=1S/C16H24N8O2/c1-2-17-14(20-6-7-24-13(25)12-21-16(24)26)22-8-10-23(11-9-22)15-18-4-3-5-19-15/h3-5H,2,6-12H2,1H3,(H,17,20)(H,21,26). The Kier molecular flexibility index (Phi) is 5.82. The van der Waals surface area contributed by atoms with Crippen molar-refractivity contribution >= 4 is 23.8 Å². The van der Waals surface area contributed by atoms with Crippen molar-refractivity contribution in [3.8, 4) is 0 Å². The van der Waals surface area contributed by atoms with Gasteiger partial charge in [0.05, 0.1) is 19.6 Å². The van der Waals surface area contributed by atoms with Crippen LogP contribution >= 0.6 is 0 Å². The summed E-state index contributed by atoms with van der Waals surface area (Å²) in [5.41, 5.74) is 0. The number of carbonyl (C=O) groups is 2. The number of amides is 3. The van der Waals surface area contributed by atoms with Gasteiger partial charge in [0.1, 0.15) is 0 Å². The maximum Gasteiger partial charge on any atom is 0.324 e. The number of urea groups is 1. The van der Waals surface area contributed by atoms with Crippen molar-refractivity contribution in [2.45, 2.75) is 6.92 Å². The highest BCUT2D eigenvalue weighted by Gasteiger charge is 2.28. The Morgan fingerprint density at radius 2 is 1.96 bits per heavy atom.